The van der Waals surface area contributed by atoms with Gasteiger partial charge in [0.2, 0.25) is 0 Å². The highest BCUT2D eigenvalue weighted by atomic mass is 16.5. The maximum Gasteiger partial charge on any atom is 0.435 e. The Morgan fingerprint density at radius 2 is 2.40 bits per heavy atom. The summed E-state index contributed by atoms with van der Waals surface area (Å²) in [5.74, 6) is 0.299. The van der Waals surface area contributed by atoms with Crippen molar-refractivity contribution in [2.75, 3.05) is 7.11 Å². The second-order valence-corrected chi connectivity index (χ2v) is 3.47. The van der Waals surface area contributed by atoms with E-state index < -0.39 is 6.09 Å². The quantitative estimate of drug-likeness (QED) is 0.806. The summed E-state index contributed by atoms with van der Waals surface area (Å²) < 4.78 is 5.54. The Kier molecular flexibility index (Phi) is 3.79. The summed E-state index contributed by atoms with van der Waals surface area (Å²) in [5.41, 5.74) is 6.54. The molecule has 1 aromatic heterocycles. The van der Waals surface area contributed by atoms with Gasteiger partial charge in [-0.3, -0.25) is 0 Å². The number of carbonyl (C=O) groups excluding carboxylic acids is 1. The molecule has 84 valence electrons. The molecule has 6 heteroatoms. The van der Waals surface area contributed by atoms with Gasteiger partial charge < -0.3 is 10.5 Å². The van der Waals surface area contributed by atoms with Crippen molar-refractivity contribution in [1.29, 1.82) is 0 Å². The smallest absolute Gasteiger partial charge is 0.435 e. The van der Waals surface area contributed by atoms with Crippen LogP contribution in [0.1, 0.15) is 32.0 Å². The largest absolute Gasteiger partial charge is 0.451 e. The fourth-order valence-corrected chi connectivity index (χ4v) is 1.16. The van der Waals surface area contributed by atoms with E-state index in [1.54, 1.807) is 0 Å². The predicted octanol–water partition coefficient (Wildman–Crippen LogP) is 0.939. The van der Waals surface area contributed by atoms with E-state index in [4.69, 9.17) is 5.73 Å². The van der Waals surface area contributed by atoms with Crippen LogP contribution < -0.4 is 5.73 Å². The molecule has 0 saturated heterocycles. The van der Waals surface area contributed by atoms with Gasteiger partial charge in [-0.1, -0.05) is 25.5 Å². The highest BCUT2D eigenvalue weighted by molar-refractivity contribution is 5.68. The first-order chi connectivity index (χ1) is 7.10. The third-order valence-corrected chi connectivity index (χ3v) is 2.47. The number of nitrogens with two attached hydrogens (primary N) is 1. The SMILES string of the molecule is CC[C@@H](C)[C@H](N)c1cn(C(=O)OC)nn1. The van der Waals surface area contributed by atoms with Crippen LogP contribution in [0.3, 0.4) is 0 Å². The van der Waals surface area contributed by atoms with Crippen LogP contribution in [0.2, 0.25) is 0 Å². The maximum atomic E-state index is 11.1. The van der Waals surface area contributed by atoms with Crippen LogP contribution in [0.4, 0.5) is 4.79 Å². The van der Waals surface area contributed by atoms with Crippen LogP contribution in [0, 0.1) is 5.92 Å². The molecule has 1 rings (SSSR count). The molecule has 0 unspecified atom stereocenters. The van der Waals surface area contributed by atoms with Crippen LogP contribution >= 0.6 is 0 Å². The Labute approximate surface area is 88.4 Å². The number of nitrogens with zero attached hydrogens (tertiary/aromatic N) is 3. The zero-order valence-corrected chi connectivity index (χ0v) is 9.17. The summed E-state index contributed by atoms with van der Waals surface area (Å²) in [7, 11) is 1.29. The van der Waals surface area contributed by atoms with Crippen LogP contribution in [-0.2, 0) is 4.74 Å². The summed E-state index contributed by atoms with van der Waals surface area (Å²) in [6.45, 7) is 4.08. The van der Waals surface area contributed by atoms with Crippen molar-refractivity contribution in [3.63, 3.8) is 0 Å². The molecule has 0 aromatic carbocycles. The third-order valence-electron chi connectivity index (χ3n) is 2.47. The van der Waals surface area contributed by atoms with Gasteiger partial charge in [0, 0.05) is 0 Å². The van der Waals surface area contributed by atoms with Crippen LogP contribution in [0.25, 0.3) is 0 Å². The van der Waals surface area contributed by atoms with E-state index in [2.05, 4.69) is 22.0 Å². The second-order valence-electron chi connectivity index (χ2n) is 3.47. The molecule has 0 radical (unpaired) electrons. The highest BCUT2D eigenvalue weighted by Crippen LogP contribution is 2.19. The topological polar surface area (TPSA) is 83.0 Å². The molecule has 0 bridgehead atoms. The summed E-state index contributed by atoms with van der Waals surface area (Å²) in [4.78, 5) is 11.1. The first-order valence-corrected chi connectivity index (χ1v) is 4.86. The van der Waals surface area contributed by atoms with E-state index in [9.17, 15) is 4.79 Å². The normalized spacial score (nSPS) is 14.7. The standard InChI is InChI=1S/C9H16N4O2/c1-4-6(2)8(10)7-5-13(12-11-7)9(14)15-3/h5-6,8H,4,10H2,1-3H3/t6-,8+/m1/s1. The zero-order chi connectivity index (χ0) is 11.4. The van der Waals surface area contributed by atoms with E-state index >= 15 is 0 Å². The van der Waals surface area contributed by atoms with Gasteiger partial charge in [0.15, 0.2) is 0 Å². The lowest BCUT2D eigenvalue weighted by molar-refractivity contribution is 0.168. The molecule has 0 saturated carbocycles. The van der Waals surface area contributed by atoms with Crippen molar-refractivity contribution in [2.45, 2.75) is 26.3 Å². The van der Waals surface area contributed by atoms with Crippen molar-refractivity contribution in [3.05, 3.63) is 11.9 Å². The van der Waals surface area contributed by atoms with Crippen molar-refractivity contribution < 1.29 is 9.53 Å². The second kappa shape index (κ2) is 4.88. The highest BCUT2D eigenvalue weighted by Gasteiger charge is 2.18. The number of methoxy groups -OCH3 is 1. The molecule has 6 nitrogen and oxygen atoms in total. The molecule has 1 aromatic rings. The number of rotatable bonds is 3. The minimum atomic E-state index is -0.565. The first-order valence-electron chi connectivity index (χ1n) is 4.86. The van der Waals surface area contributed by atoms with Gasteiger partial charge in [-0.15, -0.1) is 5.10 Å². The van der Waals surface area contributed by atoms with E-state index in [1.165, 1.54) is 13.3 Å². The Morgan fingerprint density at radius 3 is 2.93 bits per heavy atom. The molecular formula is C9H16N4O2. The fourth-order valence-electron chi connectivity index (χ4n) is 1.16. The van der Waals surface area contributed by atoms with Gasteiger partial charge >= 0.3 is 6.09 Å². The monoisotopic (exact) mass is 212 g/mol. The number of aromatic nitrogens is 3. The molecule has 0 fully saturated rings. The van der Waals surface area contributed by atoms with Crippen molar-refractivity contribution in [3.8, 4) is 0 Å². The fraction of sp³-hybridized carbons (Fsp3) is 0.667. The van der Waals surface area contributed by atoms with Crippen LogP contribution in [-0.4, -0.2) is 28.2 Å². The molecule has 15 heavy (non-hydrogen) atoms. The van der Waals surface area contributed by atoms with Gasteiger partial charge in [0.1, 0.15) is 5.69 Å². The van der Waals surface area contributed by atoms with Gasteiger partial charge in [-0.2, -0.15) is 4.68 Å². The zero-order valence-electron chi connectivity index (χ0n) is 9.17. The number of carbonyl (C=O) groups is 1. The molecular weight excluding hydrogens is 196 g/mol. The Balaban J connectivity index is 2.79. The molecule has 0 amide bonds. The Bertz CT molecular complexity index is 337. The molecule has 1 heterocycles. The lowest BCUT2D eigenvalue weighted by Gasteiger charge is -2.14. The van der Waals surface area contributed by atoms with Gasteiger partial charge in [0.25, 0.3) is 0 Å². The van der Waals surface area contributed by atoms with Crippen LogP contribution in [0.5, 0.6) is 0 Å². The molecule has 2 atom stereocenters. The Morgan fingerprint density at radius 1 is 1.73 bits per heavy atom. The van der Waals surface area contributed by atoms with Gasteiger partial charge in [-0.05, 0) is 5.92 Å². The van der Waals surface area contributed by atoms with Gasteiger partial charge in [0.05, 0.1) is 19.3 Å². The lowest BCUT2D eigenvalue weighted by atomic mass is 9.98. The van der Waals surface area contributed by atoms with E-state index in [-0.39, 0.29) is 6.04 Å². The van der Waals surface area contributed by atoms with E-state index in [0.29, 0.717) is 11.6 Å². The van der Waals surface area contributed by atoms with Crippen molar-refractivity contribution in [1.82, 2.24) is 15.0 Å². The van der Waals surface area contributed by atoms with E-state index in [0.717, 1.165) is 11.1 Å². The summed E-state index contributed by atoms with van der Waals surface area (Å²) in [5, 5.41) is 7.48. The average molecular weight is 212 g/mol. The Hall–Kier alpha value is -1.43. The number of ether oxygens (including phenoxy) is 1. The summed E-state index contributed by atoms with van der Waals surface area (Å²) in [6, 6.07) is -0.201. The maximum absolute atomic E-state index is 11.1. The molecule has 0 aliphatic carbocycles. The van der Waals surface area contributed by atoms with Gasteiger partial charge in [-0.25, -0.2) is 4.79 Å². The third kappa shape index (κ3) is 2.53. The molecule has 0 aliphatic heterocycles. The minimum absolute atomic E-state index is 0.201. The molecule has 0 spiro atoms. The first kappa shape index (κ1) is 11.6. The average Bonchev–Trinajstić information content (AvgIpc) is 2.75. The number of hydrogen-bond acceptors (Lipinski definition) is 5. The van der Waals surface area contributed by atoms with Crippen LogP contribution in [0.15, 0.2) is 6.20 Å². The number of hydrogen-bond donors (Lipinski definition) is 1. The lowest BCUT2D eigenvalue weighted by Crippen LogP contribution is -2.19. The van der Waals surface area contributed by atoms with Crippen molar-refractivity contribution >= 4 is 6.09 Å². The summed E-state index contributed by atoms with van der Waals surface area (Å²) in [6.07, 6.45) is 1.89. The molecule has 2 N–H and O–H groups in total. The summed E-state index contributed by atoms with van der Waals surface area (Å²) >= 11 is 0. The van der Waals surface area contributed by atoms with Crippen molar-refractivity contribution in [2.24, 2.45) is 11.7 Å². The van der Waals surface area contributed by atoms with E-state index in [1.807, 2.05) is 6.92 Å². The molecule has 0 aliphatic rings. The predicted molar refractivity (Wildman–Crippen MR) is 54.2 cm³/mol. The minimum Gasteiger partial charge on any atom is -0.451 e.